The zero-order valence-electron chi connectivity index (χ0n) is 12.6. The number of carbonyl (C=O) groups excluding carboxylic acids is 1. The van der Waals surface area contributed by atoms with Gasteiger partial charge in [0.15, 0.2) is 0 Å². The Morgan fingerprint density at radius 1 is 1.39 bits per heavy atom. The van der Waals surface area contributed by atoms with Gasteiger partial charge in [0.05, 0.1) is 10.6 Å². The van der Waals surface area contributed by atoms with Gasteiger partial charge in [-0.1, -0.05) is 29.7 Å². The van der Waals surface area contributed by atoms with E-state index in [0.29, 0.717) is 28.7 Å². The zero-order valence-corrected chi connectivity index (χ0v) is 14.2. The molecular formula is C16H14ClN3O2S. The third-order valence-corrected chi connectivity index (χ3v) is 4.53. The topological polar surface area (TPSA) is 68.0 Å². The average molecular weight is 348 g/mol. The lowest BCUT2D eigenvalue weighted by atomic mass is 10.2. The number of aryl methyl sites for hydroxylation is 2. The van der Waals surface area contributed by atoms with Crippen molar-refractivity contribution in [2.24, 2.45) is 0 Å². The van der Waals surface area contributed by atoms with Crippen molar-refractivity contribution < 1.29 is 9.32 Å². The van der Waals surface area contributed by atoms with E-state index in [1.807, 2.05) is 19.9 Å². The molecule has 118 valence electrons. The van der Waals surface area contributed by atoms with Crippen LogP contribution in [0.4, 0.5) is 5.69 Å². The highest BCUT2D eigenvalue weighted by molar-refractivity contribution is 7.16. The molecule has 5 nitrogen and oxygen atoms in total. The number of thiophene rings is 1. The molecule has 0 spiro atoms. The second-order valence-corrected chi connectivity index (χ2v) is 6.60. The molecule has 0 saturated heterocycles. The Labute approximate surface area is 142 Å². The van der Waals surface area contributed by atoms with Gasteiger partial charge in [0.2, 0.25) is 11.7 Å². The predicted molar refractivity (Wildman–Crippen MR) is 91.1 cm³/mol. The summed E-state index contributed by atoms with van der Waals surface area (Å²) in [6.07, 6.45) is 0.690. The molecule has 0 fully saturated rings. The highest BCUT2D eigenvalue weighted by atomic mass is 35.5. The van der Waals surface area contributed by atoms with Gasteiger partial charge in [0.25, 0.3) is 5.91 Å². The molecule has 1 aromatic carbocycles. The summed E-state index contributed by atoms with van der Waals surface area (Å²) in [6, 6.07) is 8.68. The summed E-state index contributed by atoms with van der Waals surface area (Å²) in [5.41, 5.74) is 1.25. The number of halogens is 1. The molecule has 3 rings (SSSR count). The van der Waals surface area contributed by atoms with E-state index in [4.69, 9.17) is 16.1 Å². The molecule has 0 unspecified atom stereocenters. The number of carbonyl (C=O) groups is 1. The molecule has 0 radical (unpaired) electrons. The Morgan fingerprint density at radius 3 is 2.91 bits per heavy atom. The minimum atomic E-state index is -0.206. The molecule has 1 amide bonds. The van der Waals surface area contributed by atoms with Crippen LogP contribution in [-0.4, -0.2) is 16.0 Å². The molecule has 2 heterocycles. The second kappa shape index (κ2) is 6.52. The maximum Gasteiger partial charge on any atom is 0.255 e. The first-order valence-electron chi connectivity index (χ1n) is 7.07. The molecular weight excluding hydrogens is 334 g/mol. The minimum absolute atomic E-state index is 0.206. The van der Waals surface area contributed by atoms with Crippen molar-refractivity contribution in [3.05, 3.63) is 51.7 Å². The van der Waals surface area contributed by atoms with Crippen molar-refractivity contribution in [2.75, 3.05) is 5.32 Å². The Bertz CT molecular complexity index is 857. The van der Waals surface area contributed by atoms with E-state index in [9.17, 15) is 4.79 Å². The highest BCUT2D eigenvalue weighted by Crippen LogP contribution is 2.33. The molecule has 1 N–H and O–H groups in total. The van der Waals surface area contributed by atoms with Gasteiger partial charge in [-0.25, -0.2) is 0 Å². The average Bonchev–Trinajstić information content (AvgIpc) is 3.14. The fourth-order valence-electron chi connectivity index (χ4n) is 2.04. The summed E-state index contributed by atoms with van der Waals surface area (Å²) in [5.74, 6) is 0.927. The van der Waals surface area contributed by atoms with Crippen LogP contribution in [0.15, 0.2) is 34.9 Å². The van der Waals surface area contributed by atoms with Gasteiger partial charge in [-0.2, -0.15) is 4.98 Å². The van der Waals surface area contributed by atoms with Crippen LogP contribution in [-0.2, 0) is 6.42 Å². The molecule has 0 saturated carbocycles. The van der Waals surface area contributed by atoms with Crippen LogP contribution in [0.3, 0.4) is 0 Å². The summed E-state index contributed by atoms with van der Waals surface area (Å²) < 4.78 is 5.12. The first kappa shape index (κ1) is 15.7. The smallest absolute Gasteiger partial charge is 0.255 e. The standard InChI is InChI=1S/C16H14ClN3O2S/c1-3-14-19-15(20-22-14)13-8-12(9(2)23-13)18-16(21)10-5-4-6-11(17)7-10/h4-8H,3H2,1-2H3,(H,18,21). The number of benzene rings is 1. The first-order valence-corrected chi connectivity index (χ1v) is 8.26. The molecule has 23 heavy (non-hydrogen) atoms. The lowest BCUT2D eigenvalue weighted by molar-refractivity contribution is 0.102. The van der Waals surface area contributed by atoms with Crippen LogP contribution in [0.2, 0.25) is 5.02 Å². The van der Waals surface area contributed by atoms with Crippen LogP contribution in [0.5, 0.6) is 0 Å². The molecule has 7 heteroatoms. The number of amides is 1. The number of hydrogen-bond donors (Lipinski definition) is 1. The van der Waals surface area contributed by atoms with E-state index >= 15 is 0 Å². The number of nitrogens with one attached hydrogen (secondary N) is 1. The quantitative estimate of drug-likeness (QED) is 0.750. The minimum Gasteiger partial charge on any atom is -0.339 e. The monoisotopic (exact) mass is 347 g/mol. The number of nitrogens with zero attached hydrogens (tertiary/aromatic N) is 2. The molecule has 0 aliphatic heterocycles. The Kier molecular flexibility index (Phi) is 4.45. The summed E-state index contributed by atoms with van der Waals surface area (Å²) in [5, 5.41) is 7.37. The van der Waals surface area contributed by atoms with Crippen molar-refractivity contribution >= 4 is 34.5 Å². The predicted octanol–water partition coefficient (Wildman–Crippen LogP) is 4.57. The Hall–Kier alpha value is -2.18. The highest BCUT2D eigenvalue weighted by Gasteiger charge is 2.15. The number of aromatic nitrogens is 2. The third-order valence-electron chi connectivity index (χ3n) is 3.24. The van der Waals surface area contributed by atoms with E-state index in [2.05, 4.69) is 15.5 Å². The maximum absolute atomic E-state index is 12.3. The summed E-state index contributed by atoms with van der Waals surface area (Å²) >= 11 is 7.42. The van der Waals surface area contributed by atoms with Crippen LogP contribution >= 0.6 is 22.9 Å². The van der Waals surface area contributed by atoms with Crippen molar-refractivity contribution in [3.63, 3.8) is 0 Å². The summed E-state index contributed by atoms with van der Waals surface area (Å²) in [7, 11) is 0. The number of anilines is 1. The third kappa shape index (κ3) is 3.43. The van der Waals surface area contributed by atoms with Gasteiger partial charge in [0, 0.05) is 21.9 Å². The maximum atomic E-state index is 12.3. The van der Waals surface area contributed by atoms with Crippen molar-refractivity contribution in [3.8, 4) is 10.7 Å². The van der Waals surface area contributed by atoms with Crippen LogP contribution in [0.25, 0.3) is 10.7 Å². The van der Waals surface area contributed by atoms with Crippen LogP contribution in [0, 0.1) is 6.92 Å². The summed E-state index contributed by atoms with van der Waals surface area (Å²) in [6.45, 7) is 3.89. The van der Waals surface area contributed by atoms with E-state index in [0.717, 1.165) is 15.4 Å². The van der Waals surface area contributed by atoms with E-state index in [1.54, 1.807) is 24.3 Å². The van der Waals surface area contributed by atoms with Crippen LogP contribution < -0.4 is 5.32 Å². The van der Waals surface area contributed by atoms with Crippen molar-refractivity contribution in [1.29, 1.82) is 0 Å². The molecule has 3 aromatic rings. The van der Waals surface area contributed by atoms with Gasteiger partial charge >= 0.3 is 0 Å². The van der Waals surface area contributed by atoms with Crippen molar-refractivity contribution in [1.82, 2.24) is 10.1 Å². The molecule has 0 bridgehead atoms. The molecule has 0 aliphatic carbocycles. The van der Waals surface area contributed by atoms with E-state index < -0.39 is 0 Å². The van der Waals surface area contributed by atoms with Gasteiger partial charge in [-0.3, -0.25) is 4.79 Å². The fourth-order valence-corrected chi connectivity index (χ4v) is 3.13. The van der Waals surface area contributed by atoms with Gasteiger partial charge in [-0.15, -0.1) is 11.3 Å². The largest absolute Gasteiger partial charge is 0.339 e. The number of hydrogen-bond acceptors (Lipinski definition) is 5. The lowest BCUT2D eigenvalue weighted by Crippen LogP contribution is -2.11. The van der Waals surface area contributed by atoms with Gasteiger partial charge < -0.3 is 9.84 Å². The lowest BCUT2D eigenvalue weighted by Gasteiger charge is -2.04. The normalized spacial score (nSPS) is 10.7. The number of rotatable bonds is 4. The van der Waals surface area contributed by atoms with E-state index in [-0.39, 0.29) is 5.91 Å². The molecule has 2 aromatic heterocycles. The Morgan fingerprint density at radius 2 is 2.22 bits per heavy atom. The van der Waals surface area contributed by atoms with Gasteiger partial charge in [-0.05, 0) is 31.2 Å². The molecule has 0 aliphatic rings. The van der Waals surface area contributed by atoms with Gasteiger partial charge in [0.1, 0.15) is 0 Å². The SMILES string of the molecule is CCc1nc(-c2cc(NC(=O)c3cccc(Cl)c3)c(C)s2)no1. The molecule has 0 atom stereocenters. The second-order valence-electron chi connectivity index (χ2n) is 4.91. The fraction of sp³-hybridized carbons (Fsp3) is 0.188. The zero-order chi connectivity index (χ0) is 16.4. The van der Waals surface area contributed by atoms with E-state index in [1.165, 1.54) is 11.3 Å². The van der Waals surface area contributed by atoms with Crippen LogP contribution in [0.1, 0.15) is 28.0 Å². The Balaban J connectivity index is 1.82. The van der Waals surface area contributed by atoms with Crippen molar-refractivity contribution in [2.45, 2.75) is 20.3 Å². The first-order chi connectivity index (χ1) is 11.1. The summed E-state index contributed by atoms with van der Waals surface area (Å²) in [4.78, 5) is 18.4.